The molecule has 0 amide bonds. The van der Waals surface area contributed by atoms with E-state index in [1.54, 1.807) is 19.9 Å². The summed E-state index contributed by atoms with van der Waals surface area (Å²) in [5.41, 5.74) is 7.04. The molecule has 4 nitrogen and oxygen atoms in total. The lowest BCUT2D eigenvalue weighted by Crippen LogP contribution is -2.25. The largest absolute Gasteiger partial charge is 0.391 e. The first-order chi connectivity index (χ1) is 6.02. The lowest BCUT2D eigenvalue weighted by molar-refractivity contribution is 0.164. The van der Waals surface area contributed by atoms with Crippen molar-refractivity contribution in [2.24, 2.45) is 5.73 Å². The van der Waals surface area contributed by atoms with Crippen LogP contribution < -0.4 is 11.3 Å². The van der Waals surface area contributed by atoms with Crippen LogP contribution in [-0.4, -0.2) is 16.2 Å². The molecular weight excluding hydrogens is 168 g/mol. The first kappa shape index (κ1) is 9.95. The molecule has 0 saturated heterocycles. The Morgan fingerprint density at radius 1 is 1.54 bits per heavy atom. The van der Waals surface area contributed by atoms with Crippen molar-refractivity contribution >= 4 is 0 Å². The van der Waals surface area contributed by atoms with Crippen molar-refractivity contribution in [3.8, 4) is 0 Å². The highest BCUT2D eigenvalue weighted by atomic mass is 16.3. The van der Waals surface area contributed by atoms with E-state index in [4.69, 9.17) is 5.73 Å². The van der Waals surface area contributed by atoms with Gasteiger partial charge in [0.25, 0.3) is 0 Å². The number of nitrogens with two attached hydrogens (primary N) is 1. The van der Waals surface area contributed by atoms with Crippen molar-refractivity contribution in [2.75, 3.05) is 0 Å². The van der Waals surface area contributed by atoms with Crippen LogP contribution in [0.2, 0.25) is 0 Å². The normalized spacial score (nSPS) is 15.4. The molecule has 0 spiro atoms. The number of rotatable bonds is 2. The average Bonchev–Trinajstić information content (AvgIpc) is 2.03. The fraction of sp³-hybridized carbons (Fsp3) is 0.444. The van der Waals surface area contributed by atoms with Crippen molar-refractivity contribution in [3.63, 3.8) is 0 Å². The fourth-order valence-corrected chi connectivity index (χ4v) is 1.21. The van der Waals surface area contributed by atoms with Crippen molar-refractivity contribution in [1.82, 2.24) is 4.98 Å². The second-order valence-corrected chi connectivity index (χ2v) is 3.17. The van der Waals surface area contributed by atoms with Crippen LogP contribution in [0.15, 0.2) is 16.9 Å². The van der Waals surface area contributed by atoms with E-state index >= 15 is 0 Å². The standard InChI is InChI=1S/C9H14N2O2/c1-5-7(9(10)6(2)12)3-4-8(13)11-5/h3-4,6,9,12H,10H2,1-2H3,(H,11,13)/t6-,9+/m1/s1. The number of aliphatic hydroxyl groups is 1. The molecule has 0 fully saturated rings. The lowest BCUT2D eigenvalue weighted by Gasteiger charge is -2.16. The maximum Gasteiger partial charge on any atom is 0.248 e. The van der Waals surface area contributed by atoms with Crippen LogP contribution in [0.4, 0.5) is 0 Å². The fourth-order valence-electron chi connectivity index (χ4n) is 1.21. The lowest BCUT2D eigenvalue weighted by atomic mass is 10.0. The first-order valence-electron chi connectivity index (χ1n) is 4.16. The highest BCUT2D eigenvalue weighted by Crippen LogP contribution is 2.14. The van der Waals surface area contributed by atoms with Crippen LogP contribution in [0.1, 0.15) is 24.2 Å². The number of pyridine rings is 1. The Bertz CT molecular complexity index is 344. The quantitative estimate of drug-likeness (QED) is 0.605. The van der Waals surface area contributed by atoms with Crippen molar-refractivity contribution < 1.29 is 5.11 Å². The minimum absolute atomic E-state index is 0.154. The Morgan fingerprint density at radius 2 is 2.15 bits per heavy atom. The zero-order valence-corrected chi connectivity index (χ0v) is 7.74. The van der Waals surface area contributed by atoms with Gasteiger partial charge in [0.15, 0.2) is 0 Å². The summed E-state index contributed by atoms with van der Waals surface area (Å²) in [7, 11) is 0. The number of aliphatic hydroxyl groups excluding tert-OH is 1. The number of H-pyrrole nitrogens is 1. The van der Waals surface area contributed by atoms with Crippen LogP contribution in [-0.2, 0) is 0 Å². The molecule has 4 N–H and O–H groups in total. The smallest absolute Gasteiger partial charge is 0.248 e. The van der Waals surface area contributed by atoms with Gasteiger partial charge in [-0.25, -0.2) is 0 Å². The third-order valence-corrected chi connectivity index (χ3v) is 2.04. The second kappa shape index (κ2) is 3.72. The van der Waals surface area contributed by atoms with E-state index in [1.165, 1.54) is 6.07 Å². The molecule has 0 aromatic carbocycles. The van der Waals surface area contributed by atoms with Gasteiger partial charge in [-0.1, -0.05) is 6.07 Å². The molecule has 72 valence electrons. The molecule has 0 saturated carbocycles. The van der Waals surface area contributed by atoms with Gasteiger partial charge in [-0.05, 0) is 19.4 Å². The molecule has 0 aliphatic carbocycles. The number of nitrogens with one attached hydrogen (secondary N) is 1. The van der Waals surface area contributed by atoms with Gasteiger partial charge >= 0.3 is 0 Å². The van der Waals surface area contributed by atoms with Gasteiger partial charge in [0.1, 0.15) is 0 Å². The number of aromatic amines is 1. The van der Waals surface area contributed by atoms with Crippen LogP contribution in [0.5, 0.6) is 0 Å². The number of hydrogen-bond donors (Lipinski definition) is 3. The molecule has 0 unspecified atom stereocenters. The van der Waals surface area contributed by atoms with Gasteiger partial charge in [0.05, 0.1) is 12.1 Å². The number of aromatic nitrogens is 1. The maximum absolute atomic E-state index is 10.9. The molecule has 4 heteroatoms. The van der Waals surface area contributed by atoms with E-state index in [9.17, 15) is 9.90 Å². The van der Waals surface area contributed by atoms with Crippen LogP contribution >= 0.6 is 0 Å². The average molecular weight is 182 g/mol. The molecule has 1 rings (SSSR count). The molecule has 1 aromatic rings. The van der Waals surface area contributed by atoms with E-state index in [0.717, 1.165) is 5.56 Å². The summed E-state index contributed by atoms with van der Waals surface area (Å²) in [5.74, 6) is 0. The Kier molecular flexibility index (Phi) is 2.85. The highest BCUT2D eigenvalue weighted by Gasteiger charge is 2.14. The molecule has 0 aliphatic heterocycles. The predicted molar refractivity (Wildman–Crippen MR) is 50.4 cm³/mol. The summed E-state index contributed by atoms with van der Waals surface area (Å²) >= 11 is 0. The molecule has 1 aromatic heterocycles. The van der Waals surface area contributed by atoms with E-state index in [2.05, 4.69) is 4.98 Å². The first-order valence-corrected chi connectivity index (χ1v) is 4.16. The predicted octanol–water partition coefficient (Wildman–Crippen LogP) is 0.0639. The molecule has 0 bridgehead atoms. The minimum Gasteiger partial charge on any atom is -0.391 e. The van der Waals surface area contributed by atoms with Crippen molar-refractivity contribution in [2.45, 2.75) is 26.0 Å². The highest BCUT2D eigenvalue weighted by molar-refractivity contribution is 5.22. The zero-order chi connectivity index (χ0) is 10.0. The molecular formula is C9H14N2O2. The van der Waals surface area contributed by atoms with E-state index in [1.807, 2.05) is 0 Å². The Balaban J connectivity index is 3.08. The van der Waals surface area contributed by atoms with Gasteiger partial charge in [0, 0.05) is 11.8 Å². The van der Waals surface area contributed by atoms with Crippen LogP contribution in [0, 0.1) is 6.92 Å². The monoisotopic (exact) mass is 182 g/mol. The van der Waals surface area contributed by atoms with E-state index < -0.39 is 12.1 Å². The van der Waals surface area contributed by atoms with Gasteiger partial charge in [-0.3, -0.25) is 4.79 Å². The van der Waals surface area contributed by atoms with Gasteiger partial charge in [0.2, 0.25) is 5.56 Å². The summed E-state index contributed by atoms with van der Waals surface area (Å²) < 4.78 is 0. The van der Waals surface area contributed by atoms with Crippen molar-refractivity contribution in [3.05, 3.63) is 33.7 Å². The van der Waals surface area contributed by atoms with E-state index in [-0.39, 0.29) is 5.56 Å². The zero-order valence-electron chi connectivity index (χ0n) is 7.74. The van der Waals surface area contributed by atoms with Crippen molar-refractivity contribution in [1.29, 1.82) is 0 Å². The third kappa shape index (κ3) is 2.17. The molecule has 13 heavy (non-hydrogen) atoms. The number of aryl methyl sites for hydroxylation is 1. The second-order valence-electron chi connectivity index (χ2n) is 3.17. The van der Waals surface area contributed by atoms with Gasteiger partial charge < -0.3 is 15.8 Å². The number of hydrogen-bond acceptors (Lipinski definition) is 3. The summed E-state index contributed by atoms with van der Waals surface area (Å²) in [6.45, 7) is 3.38. The summed E-state index contributed by atoms with van der Waals surface area (Å²) in [6.07, 6.45) is -0.621. The third-order valence-electron chi connectivity index (χ3n) is 2.04. The molecule has 0 aliphatic rings. The SMILES string of the molecule is Cc1[nH]c(=O)ccc1[C@@H](N)[C@@H](C)O. The summed E-state index contributed by atoms with van der Waals surface area (Å²) in [4.78, 5) is 13.5. The van der Waals surface area contributed by atoms with Gasteiger partial charge in [-0.2, -0.15) is 0 Å². The molecule has 2 atom stereocenters. The minimum atomic E-state index is -0.621. The van der Waals surface area contributed by atoms with Crippen LogP contribution in [0.25, 0.3) is 0 Å². The van der Waals surface area contributed by atoms with Gasteiger partial charge in [-0.15, -0.1) is 0 Å². The van der Waals surface area contributed by atoms with Crippen LogP contribution in [0.3, 0.4) is 0 Å². The maximum atomic E-state index is 10.9. The van der Waals surface area contributed by atoms with E-state index in [0.29, 0.717) is 5.69 Å². The summed E-state index contributed by atoms with van der Waals surface area (Å²) in [6, 6.07) is 2.60. The molecule has 1 heterocycles. The Morgan fingerprint density at radius 3 is 2.62 bits per heavy atom. The Hall–Kier alpha value is -1.13. The topological polar surface area (TPSA) is 79.1 Å². The Labute approximate surface area is 76.4 Å². The molecule has 0 radical (unpaired) electrons. The summed E-state index contributed by atoms with van der Waals surface area (Å²) in [5, 5.41) is 9.25.